The summed E-state index contributed by atoms with van der Waals surface area (Å²) < 4.78 is 10.4. The van der Waals surface area contributed by atoms with E-state index in [1.165, 1.54) is 6.26 Å². The molecule has 1 unspecified atom stereocenters. The molecule has 1 aliphatic carbocycles. The van der Waals surface area contributed by atoms with Crippen molar-refractivity contribution < 1.29 is 23.5 Å². The van der Waals surface area contributed by atoms with Gasteiger partial charge in [-0.15, -0.1) is 0 Å². The van der Waals surface area contributed by atoms with Crippen molar-refractivity contribution in [3.8, 4) is 0 Å². The Labute approximate surface area is 179 Å². The molecule has 2 N–H and O–H groups in total. The van der Waals surface area contributed by atoms with Crippen LogP contribution in [0.15, 0.2) is 47.1 Å². The van der Waals surface area contributed by atoms with Crippen molar-refractivity contribution in [2.45, 2.75) is 32.7 Å². The Balaban J connectivity index is 1.43. The van der Waals surface area contributed by atoms with E-state index in [0.29, 0.717) is 22.6 Å². The number of pyridine rings is 1. The molecule has 2 aromatic heterocycles. The van der Waals surface area contributed by atoms with Crippen LogP contribution in [0.25, 0.3) is 10.9 Å². The zero-order valence-corrected chi connectivity index (χ0v) is 17.1. The van der Waals surface area contributed by atoms with Gasteiger partial charge in [-0.2, -0.15) is 0 Å². The van der Waals surface area contributed by atoms with Gasteiger partial charge in [-0.3, -0.25) is 15.1 Å². The van der Waals surface area contributed by atoms with Gasteiger partial charge in [-0.25, -0.2) is 9.59 Å². The summed E-state index contributed by atoms with van der Waals surface area (Å²) in [5.41, 5.74) is 2.98. The number of carbonyl (C=O) groups is 3. The van der Waals surface area contributed by atoms with Crippen LogP contribution in [0.1, 0.15) is 40.7 Å². The van der Waals surface area contributed by atoms with Crippen LogP contribution in [-0.2, 0) is 28.9 Å². The standard InChI is InChI=1S/C23H23N3O5/c1-14-8-9-19-17(11-14)21(16-6-2-3-7-18(16)25-19)22(28)31-13-20(27)26-23(29)24-12-15-5-4-10-30-15/h2-7,10,14H,8-9,11-13H2,1H3,(H2,24,26,27,29). The van der Waals surface area contributed by atoms with E-state index in [9.17, 15) is 14.4 Å². The van der Waals surface area contributed by atoms with Crippen LogP contribution in [0, 0.1) is 5.92 Å². The SMILES string of the molecule is CC1CCc2nc3ccccc3c(C(=O)OCC(=O)NC(=O)NCc3ccco3)c2C1. The molecule has 0 spiro atoms. The molecule has 0 fully saturated rings. The minimum atomic E-state index is -0.717. The number of aryl methyl sites for hydroxylation is 1. The normalized spacial score (nSPS) is 15.2. The number of imide groups is 1. The highest BCUT2D eigenvalue weighted by Gasteiger charge is 2.26. The van der Waals surface area contributed by atoms with Gasteiger partial charge in [0.1, 0.15) is 5.76 Å². The largest absolute Gasteiger partial charge is 0.467 e. The summed E-state index contributed by atoms with van der Waals surface area (Å²) in [5.74, 6) is -0.318. The van der Waals surface area contributed by atoms with E-state index in [1.807, 2.05) is 24.3 Å². The number of amides is 3. The van der Waals surface area contributed by atoms with Crippen LogP contribution in [-0.4, -0.2) is 29.5 Å². The van der Waals surface area contributed by atoms with Crippen molar-refractivity contribution in [1.29, 1.82) is 0 Å². The first kappa shape index (κ1) is 20.6. The molecule has 2 heterocycles. The van der Waals surface area contributed by atoms with Crippen molar-refractivity contribution in [1.82, 2.24) is 15.6 Å². The van der Waals surface area contributed by atoms with Gasteiger partial charge in [0.05, 0.1) is 23.9 Å². The van der Waals surface area contributed by atoms with Gasteiger partial charge < -0.3 is 14.5 Å². The Morgan fingerprint density at radius 2 is 2.03 bits per heavy atom. The van der Waals surface area contributed by atoms with E-state index in [1.54, 1.807) is 12.1 Å². The molecule has 0 saturated carbocycles. The molecule has 0 aliphatic heterocycles. The third-order valence-electron chi connectivity index (χ3n) is 5.30. The van der Waals surface area contributed by atoms with E-state index in [-0.39, 0.29) is 6.54 Å². The molecule has 3 aromatic rings. The lowest BCUT2D eigenvalue weighted by atomic mass is 9.84. The van der Waals surface area contributed by atoms with E-state index in [4.69, 9.17) is 14.1 Å². The highest BCUT2D eigenvalue weighted by atomic mass is 16.5. The number of urea groups is 1. The quantitative estimate of drug-likeness (QED) is 0.613. The van der Waals surface area contributed by atoms with E-state index in [2.05, 4.69) is 17.6 Å². The summed E-state index contributed by atoms with van der Waals surface area (Å²) in [5, 5.41) is 5.33. The smallest absolute Gasteiger partial charge is 0.339 e. The van der Waals surface area contributed by atoms with Gasteiger partial charge in [-0.1, -0.05) is 25.1 Å². The first-order chi connectivity index (χ1) is 15.0. The number of esters is 1. The molecule has 160 valence electrons. The first-order valence-corrected chi connectivity index (χ1v) is 10.2. The summed E-state index contributed by atoms with van der Waals surface area (Å²) in [6, 6.07) is 10.1. The first-order valence-electron chi connectivity index (χ1n) is 10.2. The zero-order valence-electron chi connectivity index (χ0n) is 17.1. The lowest BCUT2D eigenvalue weighted by Crippen LogP contribution is -2.41. The summed E-state index contributed by atoms with van der Waals surface area (Å²) in [6.45, 7) is 1.72. The number of hydrogen-bond acceptors (Lipinski definition) is 6. The number of fused-ring (bicyclic) bond motifs is 2. The van der Waals surface area contributed by atoms with Crippen LogP contribution in [0.5, 0.6) is 0 Å². The number of ether oxygens (including phenoxy) is 1. The molecular weight excluding hydrogens is 398 g/mol. The lowest BCUT2D eigenvalue weighted by molar-refractivity contribution is -0.123. The van der Waals surface area contributed by atoms with Crippen molar-refractivity contribution in [2.24, 2.45) is 5.92 Å². The predicted octanol–water partition coefficient (Wildman–Crippen LogP) is 3.14. The average molecular weight is 421 g/mol. The Kier molecular flexibility index (Phi) is 5.97. The maximum absolute atomic E-state index is 13.0. The predicted molar refractivity (Wildman–Crippen MR) is 112 cm³/mol. The molecule has 1 aromatic carbocycles. The number of benzene rings is 1. The van der Waals surface area contributed by atoms with E-state index in [0.717, 1.165) is 36.0 Å². The van der Waals surface area contributed by atoms with E-state index >= 15 is 0 Å². The van der Waals surface area contributed by atoms with Crippen LogP contribution < -0.4 is 10.6 Å². The summed E-state index contributed by atoms with van der Waals surface area (Å²) in [6.07, 6.45) is 4.04. The summed E-state index contributed by atoms with van der Waals surface area (Å²) in [7, 11) is 0. The molecule has 31 heavy (non-hydrogen) atoms. The van der Waals surface area contributed by atoms with Crippen LogP contribution >= 0.6 is 0 Å². The molecule has 0 radical (unpaired) electrons. The molecule has 0 saturated heterocycles. The number of hydrogen-bond donors (Lipinski definition) is 2. The van der Waals surface area contributed by atoms with Crippen LogP contribution in [0.4, 0.5) is 4.79 Å². The fraction of sp³-hybridized carbons (Fsp3) is 0.304. The highest BCUT2D eigenvalue weighted by molar-refractivity contribution is 6.06. The third-order valence-corrected chi connectivity index (χ3v) is 5.30. The maximum atomic E-state index is 13.0. The van der Waals surface area contributed by atoms with Crippen molar-refractivity contribution >= 4 is 28.8 Å². The van der Waals surface area contributed by atoms with Gasteiger partial charge in [0.25, 0.3) is 5.91 Å². The Morgan fingerprint density at radius 3 is 2.84 bits per heavy atom. The molecule has 1 atom stereocenters. The third kappa shape index (κ3) is 4.74. The average Bonchev–Trinajstić information content (AvgIpc) is 3.28. The second kappa shape index (κ2) is 8.99. The summed E-state index contributed by atoms with van der Waals surface area (Å²) in [4.78, 5) is 41.6. The molecule has 8 nitrogen and oxygen atoms in total. The fourth-order valence-corrected chi connectivity index (χ4v) is 3.79. The zero-order chi connectivity index (χ0) is 21.8. The van der Waals surface area contributed by atoms with Gasteiger partial charge in [0.15, 0.2) is 6.61 Å². The second-order valence-electron chi connectivity index (χ2n) is 7.66. The number of para-hydroxylation sites is 1. The molecule has 1 aliphatic rings. The fourth-order valence-electron chi connectivity index (χ4n) is 3.79. The van der Waals surface area contributed by atoms with Crippen molar-refractivity contribution in [3.05, 3.63) is 65.2 Å². The summed E-state index contributed by atoms with van der Waals surface area (Å²) >= 11 is 0. The van der Waals surface area contributed by atoms with Gasteiger partial charge in [0.2, 0.25) is 0 Å². The topological polar surface area (TPSA) is 111 Å². The Morgan fingerprint density at radius 1 is 1.19 bits per heavy atom. The van der Waals surface area contributed by atoms with Crippen LogP contribution in [0.3, 0.4) is 0 Å². The number of carbonyl (C=O) groups excluding carboxylic acids is 3. The van der Waals surface area contributed by atoms with Gasteiger partial charge in [0, 0.05) is 11.1 Å². The maximum Gasteiger partial charge on any atom is 0.339 e. The molecule has 8 heteroatoms. The monoisotopic (exact) mass is 421 g/mol. The highest BCUT2D eigenvalue weighted by Crippen LogP contribution is 2.31. The minimum Gasteiger partial charge on any atom is -0.467 e. The number of furan rings is 1. The molecular formula is C23H23N3O5. The Bertz CT molecular complexity index is 1120. The number of nitrogens with one attached hydrogen (secondary N) is 2. The minimum absolute atomic E-state index is 0.138. The second-order valence-corrected chi connectivity index (χ2v) is 7.66. The molecule has 4 rings (SSSR count). The number of rotatable bonds is 5. The Hall–Kier alpha value is -3.68. The van der Waals surface area contributed by atoms with Gasteiger partial charge in [-0.05, 0) is 48.9 Å². The molecule has 0 bridgehead atoms. The lowest BCUT2D eigenvalue weighted by Gasteiger charge is -2.24. The van der Waals surface area contributed by atoms with Gasteiger partial charge >= 0.3 is 12.0 Å². The molecule has 3 amide bonds. The van der Waals surface area contributed by atoms with Crippen LogP contribution in [0.2, 0.25) is 0 Å². The number of nitrogens with zero attached hydrogens (tertiary/aromatic N) is 1. The van der Waals surface area contributed by atoms with Crippen molar-refractivity contribution in [2.75, 3.05) is 6.61 Å². The number of aromatic nitrogens is 1. The van der Waals surface area contributed by atoms with E-state index < -0.39 is 24.5 Å². The van der Waals surface area contributed by atoms with Crippen molar-refractivity contribution in [3.63, 3.8) is 0 Å².